The molecule has 0 amide bonds. The Morgan fingerprint density at radius 1 is 1.50 bits per heavy atom. The molecule has 0 heteroatoms. The zero-order valence-corrected chi connectivity index (χ0v) is 7.35. The Morgan fingerprint density at radius 2 is 2.20 bits per heavy atom. The van der Waals surface area contributed by atoms with E-state index in [9.17, 15) is 0 Å². The van der Waals surface area contributed by atoms with Crippen LogP contribution in [0.15, 0.2) is 11.6 Å². The van der Waals surface area contributed by atoms with Crippen LogP contribution in [-0.2, 0) is 0 Å². The van der Waals surface area contributed by atoms with Gasteiger partial charge >= 0.3 is 0 Å². The molecule has 1 aliphatic carbocycles. The molecule has 0 saturated heterocycles. The monoisotopic (exact) mass is 138 g/mol. The van der Waals surface area contributed by atoms with Gasteiger partial charge in [0.1, 0.15) is 0 Å². The molecule has 1 atom stereocenters. The normalized spacial score (nSPS) is 30.4. The summed E-state index contributed by atoms with van der Waals surface area (Å²) < 4.78 is 0. The third-order valence-corrected chi connectivity index (χ3v) is 2.28. The minimum absolute atomic E-state index is 0.746. The third kappa shape index (κ3) is 1.86. The lowest BCUT2D eigenvalue weighted by atomic mass is 10.0. The lowest BCUT2D eigenvalue weighted by Crippen LogP contribution is -1.91. The van der Waals surface area contributed by atoms with Crippen LogP contribution in [-0.4, -0.2) is 0 Å². The highest BCUT2D eigenvalue weighted by Crippen LogP contribution is 2.30. The molecule has 0 spiro atoms. The molecule has 0 nitrogen and oxygen atoms in total. The molecule has 0 bridgehead atoms. The van der Waals surface area contributed by atoms with Gasteiger partial charge in [0, 0.05) is 0 Å². The fourth-order valence-corrected chi connectivity index (χ4v) is 1.72. The highest BCUT2D eigenvalue weighted by molar-refractivity contribution is 5.10. The van der Waals surface area contributed by atoms with Crippen molar-refractivity contribution in [1.29, 1.82) is 0 Å². The molecule has 0 aromatic rings. The second kappa shape index (κ2) is 3.23. The summed E-state index contributed by atoms with van der Waals surface area (Å²) in [6.45, 7) is 6.87. The van der Waals surface area contributed by atoms with Crippen LogP contribution in [0.5, 0.6) is 0 Å². The first-order valence-corrected chi connectivity index (χ1v) is 4.40. The van der Waals surface area contributed by atoms with Gasteiger partial charge in [-0.2, -0.15) is 0 Å². The van der Waals surface area contributed by atoms with Gasteiger partial charge in [0.2, 0.25) is 0 Å². The van der Waals surface area contributed by atoms with Crippen LogP contribution in [0.1, 0.15) is 40.0 Å². The van der Waals surface area contributed by atoms with Crippen molar-refractivity contribution >= 4 is 0 Å². The fraction of sp³-hybridized carbons (Fsp3) is 0.800. The SMILES string of the molecule is CC(C)/C=C1\CCCC1C. The summed E-state index contributed by atoms with van der Waals surface area (Å²) in [6, 6.07) is 0. The molecule has 1 unspecified atom stereocenters. The Kier molecular flexibility index (Phi) is 2.53. The van der Waals surface area contributed by atoms with Crippen LogP contribution in [0.25, 0.3) is 0 Å². The Balaban J connectivity index is 2.54. The second-order valence-corrected chi connectivity index (χ2v) is 3.78. The lowest BCUT2D eigenvalue weighted by molar-refractivity contribution is 0.685. The summed E-state index contributed by atoms with van der Waals surface area (Å²) in [5.74, 6) is 1.62. The summed E-state index contributed by atoms with van der Waals surface area (Å²) in [4.78, 5) is 0. The molecule has 0 radical (unpaired) electrons. The predicted octanol–water partition coefficient (Wildman–Crippen LogP) is 3.39. The topological polar surface area (TPSA) is 0 Å². The minimum Gasteiger partial charge on any atom is -0.0825 e. The number of hydrogen-bond acceptors (Lipinski definition) is 0. The maximum absolute atomic E-state index is 2.44. The molecule has 0 heterocycles. The van der Waals surface area contributed by atoms with Crippen LogP contribution in [0.3, 0.4) is 0 Å². The number of hydrogen-bond donors (Lipinski definition) is 0. The van der Waals surface area contributed by atoms with Crippen LogP contribution < -0.4 is 0 Å². The molecule has 0 aliphatic heterocycles. The lowest BCUT2D eigenvalue weighted by Gasteiger charge is -2.05. The molecule has 0 aromatic carbocycles. The van der Waals surface area contributed by atoms with Gasteiger partial charge in [-0.05, 0) is 31.1 Å². The number of rotatable bonds is 1. The van der Waals surface area contributed by atoms with E-state index in [0.29, 0.717) is 0 Å². The summed E-state index contributed by atoms with van der Waals surface area (Å²) >= 11 is 0. The van der Waals surface area contributed by atoms with Gasteiger partial charge in [-0.15, -0.1) is 0 Å². The van der Waals surface area contributed by atoms with Crippen molar-refractivity contribution in [3.8, 4) is 0 Å². The smallest absolute Gasteiger partial charge is 0.0231 e. The van der Waals surface area contributed by atoms with Gasteiger partial charge in [0.25, 0.3) is 0 Å². The zero-order valence-electron chi connectivity index (χ0n) is 7.35. The Hall–Kier alpha value is -0.260. The molecule has 1 saturated carbocycles. The van der Waals surface area contributed by atoms with E-state index >= 15 is 0 Å². The third-order valence-electron chi connectivity index (χ3n) is 2.28. The first-order valence-electron chi connectivity index (χ1n) is 4.40. The molecule has 10 heavy (non-hydrogen) atoms. The fourth-order valence-electron chi connectivity index (χ4n) is 1.72. The van der Waals surface area contributed by atoms with Crippen LogP contribution in [0, 0.1) is 11.8 Å². The second-order valence-electron chi connectivity index (χ2n) is 3.78. The van der Waals surface area contributed by atoms with Crippen LogP contribution in [0.4, 0.5) is 0 Å². The van der Waals surface area contributed by atoms with E-state index in [-0.39, 0.29) is 0 Å². The average Bonchev–Trinajstić information content (AvgIpc) is 2.15. The molecular formula is C10H18. The van der Waals surface area contributed by atoms with Crippen molar-refractivity contribution in [3.63, 3.8) is 0 Å². The van der Waals surface area contributed by atoms with E-state index in [2.05, 4.69) is 26.8 Å². The highest BCUT2D eigenvalue weighted by atomic mass is 14.2. The van der Waals surface area contributed by atoms with Crippen molar-refractivity contribution in [2.24, 2.45) is 11.8 Å². The van der Waals surface area contributed by atoms with Crippen molar-refractivity contribution in [2.75, 3.05) is 0 Å². The Bertz CT molecular complexity index is 131. The quantitative estimate of drug-likeness (QED) is 0.487. The van der Waals surface area contributed by atoms with Gasteiger partial charge in [-0.3, -0.25) is 0 Å². The molecular weight excluding hydrogens is 120 g/mol. The Labute approximate surface area is 64.3 Å². The van der Waals surface area contributed by atoms with Gasteiger partial charge in [-0.25, -0.2) is 0 Å². The van der Waals surface area contributed by atoms with Crippen molar-refractivity contribution in [1.82, 2.24) is 0 Å². The molecule has 1 aliphatic rings. The largest absolute Gasteiger partial charge is 0.0825 e. The van der Waals surface area contributed by atoms with Gasteiger partial charge in [0.05, 0.1) is 0 Å². The van der Waals surface area contributed by atoms with E-state index in [1.807, 2.05) is 0 Å². The molecule has 0 N–H and O–H groups in total. The van der Waals surface area contributed by atoms with Gasteiger partial charge in [0.15, 0.2) is 0 Å². The molecule has 0 aromatic heterocycles. The van der Waals surface area contributed by atoms with E-state index in [1.165, 1.54) is 19.3 Å². The summed E-state index contributed by atoms with van der Waals surface area (Å²) in [5, 5.41) is 0. The van der Waals surface area contributed by atoms with Gasteiger partial charge < -0.3 is 0 Å². The van der Waals surface area contributed by atoms with Crippen molar-refractivity contribution in [2.45, 2.75) is 40.0 Å². The molecule has 58 valence electrons. The Morgan fingerprint density at radius 3 is 2.60 bits per heavy atom. The molecule has 1 rings (SSSR count). The highest BCUT2D eigenvalue weighted by Gasteiger charge is 2.15. The van der Waals surface area contributed by atoms with Crippen molar-refractivity contribution < 1.29 is 0 Å². The summed E-state index contributed by atoms with van der Waals surface area (Å²) in [6.07, 6.45) is 6.63. The molecule has 1 fully saturated rings. The van der Waals surface area contributed by atoms with E-state index in [4.69, 9.17) is 0 Å². The van der Waals surface area contributed by atoms with Crippen LogP contribution in [0.2, 0.25) is 0 Å². The van der Waals surface area contributed by atoms with E-state index in [0.717, 1.165) is 11.8 Å². The predicted molar refractivity (Wildman–Crippen MR) is 45.9 cm³/mol. The average molecular weight is 138 g/mol. The minimum atomic E-state index is 0.746. The van der Waals surface area contributed by atoms with Gasteiger partial charge in [-0.1, -0.05) is 32.4 Å². The van der Waals surface area contributed by atoms with E-state index < -0.39 is 0 Å². The van der Waals surface area contributed by atoms with Crippen LogP contribution >= 0.6 is 0 Å². The van der Waals surface area contributed by atoms with Crippen molar-refractivity contribution in [3.05, 3.63) is 11.6 Å². The first kappa shape index (κ1) is 7.84. The number of allylic oxidation sites excluding steroid dienone is 2. The first-order chi connectivity index (χ1) is 4.70. The summed E-state index contributed by atoms with van der Waals surface area (Å²) in [5.41, 5.74) is 1.70. The maximum atomic E-state index is 2.44. The standard InChI is InChI=1S/C10H18/c1-8(2)7-10-6-4-5-9(10)3/h7-9H,4-6H2,1-3H3/b10-7+. The summed E-state index contributed by atoms with van der Waals surface area (Å²) in [7, 11) is 0. The zero-order chi connectivity index (χ0) is 7.56. The van der Waals surface area contributed by atoms with E-state index in [1.54, 1.807) is 5.57 Å². The maximum Gasteiger partial charge on any atom is -0.0231 e.